The Hall–Kier alpha value is -1.54. The number of hydrogen-bond acceptors (Lipinski definition) is 4. The van der Waals surface area contributed by atoms with E-state index in [2.05, 4.69) is 6.07 Å². The van der Waals surface area contributed by atoms with E-state index in [0.717, 1.165) is 24.0 Å². The van der Waals surface area contributed by atoms with Crippen molar-refractivity contribution in [3.05, 3.63) is 39.4 Å². The Morgan fingerprint density at radius 1 is 1.59 bits per heavy atom. The molecule has 0 atom stereocenters. The van der Waals surface area contributed by atoms with E-state index in [9.17, 15) is 15.4 Å². The predicted octanol–water partition coefficient (Wildman–Crippen LogP) is 3.01. The second-order valence-electron chi connectivity index (χ2n) is 4.23. The van der Waals surface area contributed by atoms with Gasteiger partial charge in [-0.15, -0.1) is 0 Å². The molecular formula is C12H12N2O2S. The minimum Gasteiger partial charge on any atom is -0.258 e. The first-order valence-electron chi connectivity index (χ1n) is 5.31. The normalized spacial score (nSPS) is 16.2. The highest BCUT2D eigenvalue weighted by Crippen LogP contribution is 2.49. The number of nitrogens with zero attached hydrogens (tertiary/aromatic N) is 2. The van der Waals surface area contributed by atoms with E-state index < -0.39 is 0 Å². The van der Waals surface area contributed by atoms with Gasteiger partial charge < -0.3 is 0 Å². The van der Waals surface area contributed by atoms with Crippen LogP contribution in [-0.4, -0.2) is 11.2 Å². The van der Waals surface area contributed by atoms with Crippen molar-refractivity contribution in [2.75, 3.05) is 6.26 Å². The number of hydrogen-bond donors (Lipinski definition) is 0. The van der Waals surface area contributed by atoms with Crippen molar-refractivity contribution in [2.45, 2.75) is 24.0 Å². The summed E-state index contributed by atoms with van der Waals surface area (Å²) in [5.41, 5.74) is 1.62. The highest BCUT2D eigenvalue weighted by molar-refractivity contribution is 7.97. The minimum atomic E-state index is -0.389. The molecule has 1 fully saturated rings. The van der Waals surface area contributed by atoms with Crippen LogP contribution in [0.2, 0.25) is 0 Å². The standard InChI is InChI=1S/C12H12N2O2S/c1-17-7-9-6-10(14(15)16)2-3-11(9)12(8-13)4-5-12/h2-3,6H,4-5,7H2,1H3. The fourth-order valence-corrected chi connectivity index (χ4v) is 2.55. The summed E-state index contributed by atoms with van der Waals surface area (Å²) in [6.45, 7) is 0. The Kier molecular flexibility index (Phi) is 3.07. The van der Waals surface area contributed by atoms with Crippen molar-refractivity contribution in [1.82, 2.24) is 0 Å². The van der Waals surface area contributed by atoms with Gasteiger partial charge in [-0.3, -0.25) is 10.1 Å². The van der Waals surface area contributed by atoms with Gasteiger partial charge in [-0.2, -0.15) is 17.0 Å². The second kappa shape index (κ2) is 4.38. The highest BCUT2D eigenvalue weighted by atomic mass is 32.2. The maximum absolute atomic E-state index is 10.7. The van der Waals surface area contributed by atoms with Crippen LogP contribution in [0.3, 0.4) is 0 Å². The molecule has 0 spiro atoms. The minimum absolute atomic E-state index is 0.103. The second-order valence-corrected chi connectivity index (χ2v) is 5.09. The lowest BCUT2D eigenvalue weighted by Gasteiger charge is -2.12. The van der Waals surface area contributed by atoms with E-state index in [0.29, 0.717) is 5.75 Å². The summed E-state index contributed by atoms with van der Waals surface area (Å²) in [5.74, 6) is 0.709. The first kappa shape index (κ1) is 11.9. The van der Waals surface area contributed by atoms with Crippen LogP contribution in [0, 0.1) is 21.4 Å². The summed E-state index contributed by atoms with van der Waals surface area (Å²) in [6.07, 6.45) is 3.68. The van der Waals surface area contributed by atoms with E-state index in [1.165, 1.54) is 6.07 Å². The van der Waals surface area contributed by atoms with Crippen molar-refractivity contribution in [2.24, 2.45) is 0 Å². The van der Waals surface area contributed by atoms with Gasteiger partial charge in [-0.25, -0.2) is 0 Å². The zero-order chi connectivity index (χ0) is 12.5. The predicted molar refractivity (Wildman–Crippen MR) is 66.8 cm³/mol. The first-order chi connectivity index (χ1) is 8.13. The molecule has 0 N–H and O–H groups in total. The molecule has 1 aromatic carbocycles. The van der Waals surface area contributed by atoms with Gasteiger partial charge in [-0.05, 0) is 30.2 Å². The molecule has 0 amide bonds. The third-order valence-electron chi connectivity index (χ3n) is 3.08. The average Bonchev–Trinajstić information content (AvgIpc) is 3.10. The fourth-order valence-electron chi connectivity index (χ4n) is 2.00. The summed E-state index contributed by atoms with van der Waals surface area (Å²) in [4.78, 5) is 10.3. The van der Waals surface area contributed by atoms with E-state index in [1.54, 1.807) is 23.9 Å². The van der Waals surface area contributed by atoms with Gasteiger partial charge in [0.2, 0.25) is 0 Å². The molecule has 0 aromatic heterocycles. The summed E-state index contributed by atoms with van der Waals surface area (Å²) in [5, 5.41) is 19.9. The van der Waals surface area contributed by atoms with Gasteiger partial charge in [0.05, 0.1) is 16.4 Å². The smallest absolute Gasteiger partial charge is 0.258 e. The van der Waals surface area contributed by atoms with E-state index >= 15 is 0 Å². The van der Waals surface area contributed by atoms with Crippen molar-refractivity contribution in [3.8, 4) is 6.07 Å². The average molecular weight is 248 g/mol. The Morgan fingerprint density at radius 2 is 2.29 bits per heavy atom. The SMILES string of the molecule is CSCc1cc([N+](=O)[O-])ccc1C1(C#N)CC1. The number of non-ortho nitro benzene ring substituents is 1. The van der Waals surface area contributed by atoms with E-state index in [4.69, 9.17) is 0 Å². The van der Waals surface area contributed by atoms with Crippen LogP contribution < -0.4 is 0 Å². The first-order valence-corrected chi connectivity index (χ1v) is 6.70. The zero-order valence-electron chi connectivity index (χ0n) is 9.47. The van der Waals surface area contributed by atoms with Crippen molar-refractivity contribution < 1.29 is 4.92 Å². The van der Waals surface area contributed by atoms with E-state index in [-0.39, 0.29) is 16.0 Å². The molecule has 5 heteroatoms. The molecule has 1 aromatic rings. The number of rotatable bonds is 4. The van der Waals surface area contributed by atoms with Gasteiger partial charge in [0.1, 0.15) is 0 Å². The zero-order valence-corrected chi connectivity index (χ0v) is 10.3. The largest absolute Gasteiger partial charge is 0.269 e. The molecule has 0 bridgehead atoms. The van der Waals surface area contributed by atoms with Gasteiger partial charge in [-0.1, -0.05) is 6.07 Å². The lowest BCUT2D eigenvalue weighted by Crippen LogP contribution is -2.07. The van der Waals surface area contributed by atoms with Gasteiger partial charge >= 0.3 is 0 Å². The van der Waals surface area contributed by atoms with Gasteiger partial charge in [0, 0.05) is 17.9 Å². The third-order valence-corrected chi connectivity index (χ3v) is 3.68. The molecule has 4 nitrogen and oxygen atoms in total. The summed E-state index contributed by atoms with van der Waals surface area (Å²) < 4.78 is 0. The number of nitro groups is 1. The number of thioether (sulfide) groups is 1. The maximum atomic E-state index is 10.7. The molecule has 2 rings (SSSR count). The van der Waals surface area contributed by atoms with Crippen molar-refractivity contribution in [1.29, 1.82) is 5.26 Å². The summed E-state index contributed by atoms with van der Waals surface area (Å²) >= 11 is 1.61. The van der Waals surface area contributed by atoms with E-state index in [1.807, 2.05) is 6.26 Å². The molecule has 0 aliphatic heterocycles. The molecule has 88 valence electrons. The number of nitro benzene ring substituents is 1. The molecule has 1 aliphatic rings. The molecule has 0 heterocycles. The Labute approximate surface area is 104 Å². The van der Waals surface area contributed by atoms with Crippen LogP contribution in [-0.2, 0) is 11.2 Å². The molecule has 17 heavy (non-hydrogen) atoms. The maximum Gasteiger partial charge on any atom is 0.269 e. The highest BCUT2D eigenvalue weighted by Gasteiger charge is 2.46. The quantitative estimate of drug-likeness (QED) is 0.606. The molecule has 0 unspecified atom stereocenters. The third kappa shape index (κ3) is 2.13. The summed E-state index contributed by atoms with van der Waals surface area (Å²) in [6, 6.07) is 7.18. The van der Waals surface area contributed by atoms with Crippen LogP contribution >= 0.6 is 11.8 Å². The molecule has 0 radical (unpaired) electrons. The molecular weight excluding hydrogens is 236 g/mol. The van der Waals surface area contributed by atoms with Gasteiger partial charge in [0.15, 0.2) is 0 Å². The van der Waals surface area contributed by atoms with Crippen LogP contribution in [0.1, 0.15) is 24.0 Å². The fraction of sp³-hybridized carbons (Fsp3) is 0.417. The Balaban J connectivity index is 2.46. The van der Waals surface area contributed by atoms with Gasteiger partial charge in [0.25, 0.3) is 5.69 Å². The van der Waals surface area contributed by atoms with Crippen LogP contribution in [0.5, 0.6) is 0 Å². The number of benzene rings is 1. The lowest BCUT2D eigenvalue weighted by atomic mass is 9.93. The number of nitriles is 1. The molecule has 1 aliphatic carbocycles. The molecule has 1 saturated carbocycles. The van der Waals surface area contributed by atoms with Crippen LogP contribution in [0.25, 0.3) is 0 Å². The van der Waals surface area contributed by atoms with Crippen molar-refractivity contribution in [3.63, 3.8) is 0 Å². The monoisotopic (exact) mass is 248 g/mol. The van der Waals surface area contributed by atoms with Crippen LogP contribution in [0.15, 0.2) is 18.2 Å². The topological polar surface area (TPSA) is 66.9 Å². The Bertz CT molecular complexity index is 504. The van der Waals surface area contributed by atoms with Crippen LogP contribution in [0.4, 0.5) is 5.69 Å². The molecule has 0 saturated heterocycles. The van der Waals surface area contributed by atoms with Crippen molar-refractivity contribution >= 4 is 17.4 Å². The lowest BCUT2D eigenvalue weighted by molar-refractivity contribution is -0.384. The summed E-state index contributed by atoms with van der Waals surface area (Å²) in [7, 11) is 0. The Morgan fingerprint density at radius 3 is 2.76 bits per heavy atom.